The molecule has 0 aromatic heterocycles. The first-order valence-electron chi connectivity index (χ1n) is 6.99. The Morgan fingerprint density at radius 3 is 2.59 bits per heavy atom. The quantitative estimate of drug-likeness (QED) is 0.875. The van der Waals surface area contributed by atoms with Crippen LogP contribution in [0.4, 0.5) is 13.2 Å². The molecule has 22 heavy (non-hydrogen) atoms. The van der Waals surface area contributed by atoms with Gasteiger partial charge in [0, 0.05) is 31.8 Å². The van der Waals surface area contributed by atoms with E-state index < -0.39 is 11.7 Å². The van der Waals surface area contributed by atoms with Gasteiger partial charge in [-0.25, -0.2) is 0 Å². The molecule has 0 unspecified atom stereocenters. The number of carbonyl (C=O) groups is 2. The van der Waals surface area contributed by atoms with Crippen LogP contribution in [0.1, 0.15) is 36.8 Å². The highest BCUT2D eigenvalue weighted by Crippen LogP contribution is 2.46. The summed E-state index contributed by atoms with van der Waals surface area (Å²) in [7, 11) is 0. The highest BCUT2D eigenvalue weighted by molar-refractivity contribution is 5.78. The van der Waals surface area contributed by atoms with Gasteiger partial charge in [-0.3, -0.25) is 9.59 Å². The molecule has 2 N–H and O–H groups in total. The predicted molar refractivity (Wildman–Crippen MR) is 74.0 cm³/mol. The number of benzene rings is 1. The molecule has 4 nitrogen and oxygen atoms in total. The Balaban J connectivity index is 1.91. The fourth-order valence-corrected chi connectivity index (χ4v) is 2.41. The lowest BCUT2D eigenvalue weighted by Crippen LogP contribution is -2.31. The van der Waals surface area contributed by atoms with E-state index in [1.54, 1.807) is 6.07 Å². The molecule has 2 atom stereocenters. The van der Waals surface area contributed by atoms with Crippen molar-refractivity contribution in [3.05, 3.63) is 35.4 Å². The van der Waals surface area contributed by atoms with E-state index in [0.29, 0.717) is 6.42 Å². The van der Waals surface area contributed by atoms with Crippen LogP contribution in [0.15, 0.2) is 24.3 Å². The molecule has 1 fully saturated rings. The van der Waals surface area contributed by atoms with Gasteiger partial charge in [-0.05, 0) is 18.1 Å². The van der Waals surface area contributed by atoms with Gasteiger partial charge in [-0.15, -0.1) is 0 Å². The molecule has 0 aliphatic heterocycles. The number of amides is 2. The molecule has 1 aromatic rings. The van der Waals surface area contributed by atoms with Gasteiger partial charge in [-0.2, -0.15) is 13.2 Å². The third-order valence-corrected chi connectivity index (χ3v) is 3.53. The molecule has 2 amide bonds. The maximum atomic E-state index is 12.9. The molecule has 1 saturated carbocycles. The normalized spacial score (nSPS) is 20.4. The van der Waals surface area contributed by atoms with Gasteiger partial charge >= 0.3 is 6.18 Å². The van der Waals surface area contributed by atoms with Gasteiger partial charge in [0.15, 0.2) is 0 Å². The monoisotopic (exact) mass is 314 g/mol. The first-order valence-corrected chi connectivity index (χ1v) is 6.99. The van der Waals surface area contributed by atoms with E-state index in [9.17, 15) is 22.8 Å². The number of carbonyl (C=O) groups excluding carboxylic acids is 2. The van der Waals surface area contributed by atoms with Crippen molar-refractivity contribution in [2.45, 2.75) is 37.9 Å². The van der Waals surface area contributed by atoms with Crippen LogP contribution in [0, 0.1) is 0 Å². The van der Waals surface area contributed by atoms with E-state index in [1.807, 2.05) is 0 Å². The average Bonchev–Trinajstić information content (AvgIpc) is 3.16. The molecule has 0 spiro atoms. The smallest absolute Gasteiger partial charge is 0.356 e. The average molecular weight is 314 g/mol. The van der Waals surface area contributed by atoms with Crippen LogP contribution < -0.4 is 10.6 Å². The Morgan fingerprint density at radius 1 is 1.27 bits per heavy atom. The van der Waals surface area contributed by atoms with Crippen molar-refractivity contribution in [1.29, 1.82) is 0 Å². The molecule has 0 bridgehead atoms. The lowest BCUT2D eigenvalue weighted by molar-refractivity contribution is -0.138. The summed E-state index contributed by atoms with van der Waals surface area (Å²) in [6.45, 7) is 1.57. The molecule has 1 aliphatic carbocycles. The maximum absolute atomic E-state index is 12.9. The molecular weight excluding hydrogens is 297 g/mol. The van der Waals surface area contributed by atoms with E-state index in [2.05, 4.69) is 10.6 Å². The largest absolute Gasteiger partial charge is 0.416 e. The van der Waals surface area contributed by atoms with E-state index in [-0.39, 0.29) is 42.3 Å². The first-order chi connectivity index (χ1) is 10.3. The van der Waals surface area contributed by atoms with Crippen LogP contribution in [0.25, 0.3) is 0 Å². The third kappa shape index (κ3) is 4.22. The molecular formula is C15H17F3N2O2. The first kappa shape index (κ1) is 16.3. The van der Waals surface area contributed by atoms with Crippen LogP contribution in [0.2, 0.25) is 0 Å². The Hall–Kier alpha value is -2.05. The van der Waals surface area contributed by atoms with Gasteiger partial charge in [-0.1, -0.05) is 18.2 Å². The van der Waals surface area contributed by atoms with Crippen molar-refractivity contribution in [3.8, 4) is 0 Å². The Labute approximate surface area is 126 Å². The second-order valence-electron chi connectivity index (χ2n) is 5.33. The SMILES string of the molecule is CC(=O)NCCC(=O)N[C@@H]1C[C@@H]1c1ccccc1C(F)(F)F. The maximum Gasteiger partial charge on any atom is 0.416 e. The summed E-state index contributed by atoms with van der Waals surface area (Å²) < 4.78 is 38.8. The fraction of sp³-hybridized carbons (Fsp3) is 0.467. The van der Waals surface area contributed by atoms with E-state index >= 15 is 0 Å². The Morgan fingerprint density at radius 2 is 1.95 bits per heavy atom. The molecule has 0 radical (unpaired) electrons. The van der Waals surface area contributed by atoms with Crippen LogP contribution in [-0.2, 0) is 15.8 Å². The summed E-state index contributed by atoms with van der Waals surface area (Å²) >= 11 is 0. The number of hydrogen-bond acceptors (Lipinski definition) is 2. The summed E-state index contributed by atoms with van der Waals surface area (Å²) in [6.07, 6.45) is -3.78. The van der Waals surface area contributed by atoms with Crippen LogP contribution in [0.3, 0.4) is 0 Å². The summed E-state index contributed by atoms with van der Waals surface area (Å²) in [4.78, 5) is 22.3. The predicted octanol–water partition coefficient (Wildman–Crippen LogP) is 2.20. The Kier molecular flexibility index (Phi) is 4.73. The molecule has 1 aliphatic rings. The highest BCUT2D eigenvalue weighted by Gasteiger charge is 2.44. The van der Waals surface area contributed by atoms with Gasteiger partial charge < -0.3 is 10.6 Å². The molecule has 0 heterocycles. The second kappa shape index (κ2) is 6.37. The van der Waals surface area contributed by atoms with Crippen molar-refractivity contribution in [2.75, 3.05) is 6.54 Å². The number of halogens is 3. The molecule has 2 rings (SSSR count). The molecule has 7 heteroatoms. The number of alkyl halides is 3. The van der Waals surface area contributed by atoms with Crippen LogP contribution >= 0.6 is 0 Å². The van der Waals surface area contributed by atoms with Crippen LogP contribution in [-0.4, -0.2) is 24.4 Å². The van der Waals surface area contributed by atoms with Gasteiger partial charge in [0.1, 0.15) is 0 Å². The van der Waals surface area contributed by atoms with E-state index in [4.69, 9.17) is 0 Å². The van der Waals surface area contributed by atoms with Crippen molar-refractivity contribution in [2.24, 2.45) is 0 Å². The molecule has 0 saturated heterocycles. The lowest BCUT2D eigenvalue weighted by Gasteiger charge is -2.12. The summed E-state index contributed by atoms with van der Waals surface area (Å²) in [5.41, 5.74) is -0.419. The lowest BCUT2D eigenvalue weighted by atomic mass is 10.0. The summed E-state index contributed by atoms with van der Waals surface area (Å²) in [5, 5.41) is 5.19. The number of rotatable bonds is 5. The minimum Gasteiger partial charge on any atom is -0.356 e. The highest BCUT2D eigenvalue weighted by atomic mass is 19.4. The van der Waals surface area contributed by atoms with Crippen molar-refractivity contribution >= 4 is 11.8 Å². The van der Waals surface area contributed by atoms with E-state index in [1.165, 1.54) is 19.1 Å². The van der Waals surface area contributed by atoms with Crippen molar-refractivity contribution < 1.29 is 22.8 Å². The van der Waals surface area contributed by atoms with E-state index in [0.717, 1.165) is 6.07 Å². The number of hydrogen-bond donors (Lipinski definition) is 2. The van der Waals surface area contributed by atoms with Crippen LogP contribution in [0.5, 0.6) is 0 Å². The summed E-state index contributed by atoms with van der Waals surface area (Å²) in [5.74, 6) is -0.801. The molecule has 120 valence electrons. The van der Waals surface area contributed by atoms with Gasteiger partial charge in [0.25, 0.3) is 0 Å². The third-order valence-electron chi connectivity index (χ3n) is 3.53. The van der Waals surface area contributed by atoms with Crippen molar-refractivity contribution in [3.63, 3.8) is 0 Å². The zero-order chi connectivity index (χ0) is 16.3. The minimum atomic E-state index is -4.39. The minimum absolute atomic E-state index is 0.115. The fourth-order valence-electron chi connectivity index (χ4n) is 2.41. The zero-order valence-electron chi connectivity index (χ0n) is 12.0. The summed E-state index contributed by atoms with van der Waals surface area (Å²) in [6, 6.07) is 5.17. The van der Waals surface area contributed by atoms with Gasteiger partial charge in [0.2, 0.25) is 11.8 Å². The topological polar surface area (TPSA) is 58.2 Å². The standard InChI is InChI=1S/C15H17F3N2O2/c1-9(21)19-7-6-14(22)20-13-8-11(13)10-4-2-3-5-12(10)15(16,17)18/h2-5,11,13H,6-8H2,1H3,(H,19,21)(H,20,22)/t11-,13-/m1/s1. The molecule has 1 aromatic carbocycles. The van der Waals surface area contributed by atoms with Crippen molar-refractivity contribution in [1.82, 2.24) is 10.6 Å². The second-order valence-corrected chi connectivity index (χ2v) is 5.33. The zero-order valence-corrected chi connectivity index (χ0v) is 12.0. The Bertz CT molecular complexity index is 572. The van der Waals surface area contributed by atoms with Gasteiger partial charge in [0.05, 0.1) is 5.56 Å². The number of nitrogens with one attached hydrogen (secondary N) is 2.